The van der Waals surface area contributed by atoms with Crippen molar-refractivity contribution in [2.24, 2.45) is 0 Å². The zero-order valence-electron chi connectivity index (χ0n) is 17.8. The summed E-state index contributed by atoms with van der Waals surface area (Å²) in [7, 11) is 0. The van der Waals surface area contributed by atoms with Crippen molar-refractivity contribution >= 4 is 17.7 Å². The number of aromatic nitrogens is 3. The molecule has 32 heavy (non-hydrogen) atoms. The molecule has 0 atom stereocenters. The molecule has 1 N–H and O–H groups in total. The van der Waals surface area contributed by atoms with Gasteiger partial charge in [0.25, 0.3) is 0 Å². The lowest BCUT2D eigenvalue weighted by Gasteiger charge is -2.12. The van der Waals surface area contributed by atoms with E-state index in [1.54, 1.807) is 6.33 Å². The molecule has 0 aliphatic carbocycles. The van der Waals surface area contributed by atoms with Crippen LogP contribution in [-0.2, 0) is 17.9 Å². The first-order valence-electron chi connectivity index (χ1n) is 10.3. The lowest BCUT2D eigenvalue weighted by atomic mass is 10.2. The fourth-order valence-corrected chi connectivity index (χ4v) is 3.87. The molecular formula is C25H24N4O2S. The monoisotopic (exact) mass is 444 g/mol. The smallest absolute Gasteiger partial charge is 0.230 e. The van der Waals surface area contributed by atoms with Gasteiger partial charge in [0.05, 0.1) is 5.75 Å². The van der Waals surface area contributed by atoms with Gasteiger partial charge < -0.3 is 10.1 Å². The molecule has 0 saturated carbocycles. The van der Waals surface area contributed by atoms with Crippen molar-refractivity contribution in [2.45, 2.75) is 25.2 Å². The number of para-hydroxylation sites is 1. The molecule has 1 heterocycles. The number of ether oxygens (including phenoxy) is 1. The van der Waals surface area contributed by atoms with Crippen LogP contribution in [-0.4, -0.2) is 26.4 Å². The average Bonchev–Trinajstić information content (AvgIpc) is 3.30. The topological polar surface area (TPSA) is 69.0 Å². The van der Waals surface area contributed by atoms with E-state index in [0.717, 1.165) is 22.6 Å². The second kappa shape index (κ2) is 10.6. The second-order valence-corrected chi connectivity index (χ2v) is 8.21. The standard InChI is InChI=1S/C25H24N4O2S/c1-19-11-13-22(14-12-19)29-18-27-28-25(29)32-17-24(30)26-15-21-9-5-6-10-23(21)31-16-20-7-3-2-4-8-20/h2-14,18H,15-17H2,1H3,(H,26,30). The fraction of sp³-hybridized carbons (Fsp3) is 0.160. The summed E-state index contributed by atoms with van der Waals surface area (Å²) in [6.45, 7) is 2.92. The van der Waals surface area contributed by atoms with Gasteiger partial charge in [-0.05, 0) is 30.7 Å². The number of benzene rings is 3. The van der Waals surface area contributed by atoms with Crippen LogP contribution in [0.3, 0.4) is 0 Å². The lowest BCUT2D eigenvalue weighted by molar-refractivity contribution is -0.118. The minimum atomic E-state index is -0.0775. The molecule has 4 rings (SSSR count). The minimum absolute atomic E-state index is 0.0775. The Balaban J connectivity index is 1.31. The molecule has 1 amide bonds. The fourth-order valence-electron chi connectivity index (χ4n) is 3.11. The summed E-state index contributed by atoms with van der Waals surface area (Å²) in [5.74, 6) is 0.937. The van der Waals surface area contributed by atoms with Crippen LogP contribution in [0.1, 0.15) is 16.7 Å². The zero-order chi connectivity index (χ0) is 22.2. The summed E-state index contributed by atoms with van der Waals surface area (Å²) in [4.78, 5) is 12.5. The molecule has 0 spiro atoms. The Morgan fingerprint density at radius 1 is 1.00 bits per heavy atom. The van der Waals surface area contributed by atoms with Crippen molar-refractivity contribution in [1.29, 1.82) is 0 Å². The number of aryl methyl sites for hydroxylation is 1. The molecular weight excluding hydrogens is 420 g/mol. The van der Waals surface area contributed by atoms with Gasteiger partial charge in [0.1, 0.15) is 18.7 Å². The highest BCUT2D eigenvalue weighted by Gasteiger charge is 2.11. The van der Waals surface area contributed by atoms with Crippen molar-refractivity contribution in [3.05, 3.63) is 102 Å². The van der Waals surface area contributed by atoms with Crippen LogP contribution < -0.4 is 10.1 Å². The van der Waals surface area contributed by atoms with Gasteiger partial charge in [-0.25, -0.2) is 0 Å². The van der Waals surface area contributed by atoms with Gasteiger partial charge in [-0.2, -0.15) is 0 Å². The minimum Gasteiger partial charge on any atom is -0.489 e. The third-order valence-corrected chi connectivity index (χ3v) is 5.79. The highest BCUT2D eigenvalue weighted by Crippen LogP contribution is 2.21. The van der Waals surface area contributed by atoms with Crippen LogP contribution in [0.5, 0.6) is 5.75 Å². The summed E-state index contributed by atoms with van der Waals surface area (Å²) in [5, 5.41) is 11.8. The van der Waals surface area contributed by atoms with E-state index in [0.29, 0.717) is 18.3 Å². The SMILES string of the molecule is Cc1ccc(-n2cnnc2SCC(=O)NCc2ccccc2OCc2ccccc2)cc1. The molecule has 0 aliphatic heterocycles. The number of rotatable bonds is 9. The van der Waals surface area contributed by atoms with E-state index in [-0.39, 0.29) is 11.7 Å². The predicted octanol–water partition coefficient (Wildman–Crippen LogP) is 4.56. The van der Waals surface area contributed by atoms with Crippen molar-refractivity contribution in [2.75, 3.05) is 5.75 Å². The Kier molecular flexibility index (Phi) is 7.19. The van der Waals surface area contributed by atoms with Gasteiger partial charge in [0.2, 0.25) is 5.91 Å². The molecule has 4 aromatic rings. The molecule has 0 radical (unpaired) electrons. The molecule has 6 nitrogen and oxygen atoms in total. The Labute approximate surface area is 191 Å². The number of hydrogen-bond acceptors (Lipinski definition) is 5. The lowest BCUT2D eigenvalue weighted by Crippen LogP contribution is -2.25. The molecule has 0 bridgehead atoms. The quantitative estimate of drug-likeness (QED) is 0.383. The van der Waals surface area contributed by atoms with Crippen molar-refractivity contribution in [1.82, 2.24) is 20.1 Å². The maximum atomic E-state index is 12.5. The van der Waals surface area contributed by atoms with E-state index >= 15 is 0 Å². The molecule has 3 aromatic carbocycles. The van der Waals surface area contributed by atoms with Gasteiger partial charge >= 0.3 is 0 Å². The highest BCUT2D eigenvalue weighted by molar-refractivity contribution is 7.99. The van der Waals surface area contributed by atoms with Gasteiger partial charge in [0, 0.05) is 17.8 Å². The van der Waals surface area contributed by atoms with Crippen LogP contribution in [0.15, 0.2) is 90.3 Å². The largest absolute Gasteiger partial charge is 0.489 e. The number of carbonyl (C=O) groups is 1. The Hall–Kier alpha value is -3.58. The van der Waals surface area contributed by atoms with Gasteiger partial charge in [-0.3, -0.25) is 9.36 Å². The van der Waals surface area contributed by atoms with Crippen LogP contribution >= 0.6 is 11.8 Å². The normalized spacial score (nSPS) is 10.7. The summed E-state index contributed by atoms with van der Waals surface area (Å²) in [6, 6.07) is 25.8. The third kappa shape index (κ3) is 5.76. The van der Waals surface area contributed by atoms with E-state index in [2.05, 4.69) is 15.5 Å². The molecule has 0 saturated heterocycles. The molecule has 0 aliphatic rings. The third-order valence-electron chi connectivity index (χ3n) is 4.85. The molecule has 7 heteroatoms. The Morgan fingerprint density at radius 2 is 1.75 bits per heavy atom. The molecule has 0 fully saturated rings. The second-order valence-electron chi connectivity index (χ2n) is 7.27. The molecule has 1 aromatic heterocycles. The maximum Gasteiger partial charge on any atom is 0.230 e. The van der Waals surface area contributed by atoms with E-state index < -0.39 is 0 Å². The van der Waals surface area contributed by atoms with E-state index in [4.69, 9.17) is 4.74 Å². The number of carbonyl (C=O) groups excluding carboxylic acids is 1. The summed E-state index contributed by atoms with van der Waals surface area (Å²) >= 11 is 1.35. The van der Waals surface area contributed by atoms with Crippen molar-refractivity contribution in [3.8, 4) is 11.4 Å². The van der Waals surface area contributed by atoms with Crippen molar-refractivity contribution in [3.63, 3.8) is 0 Å². The Bertz CT molecular complexity index is 1160. The molecule has 162 valence electrons. The first kappa shape index (κ1) is 21.6. The van der Waals surface area contributed by atoms with Crippen molar-refractivity contribution < 1.29 is 9.53 Å². The van der Waals surface area contributed by atoms with E-state index in [1.807, 2.05) is 90.4 Å². The number of thioether (sulfide) groups is 1. The number of nitrogens with one attached hydrogen (secondary N) is 1. The number of nitrogens with zero attached hydrogens (tertiary/aromatic N) is 3. The predicted molar refractivity (Wildman–Crippen MR) is 126 cm³/mol. The van der Waals surface area contributed by atoms with E-state index in [9.17, 15) is 4.79 Å². The number of amides is 1. The van der Waals surface area contributed by atoms with Crippen LogP contribution in [0.25, 0.3) is 5.69 Å². The van der Waals surface area contributed by atoms with Crippen LogP contribution in [0.2, 0.25) is 0 Å². The first-order chi connectivity index (χ1) is 15.7. The van der Waals surface area contributed by atoms with E-state index in [1.165, 1.54) is 17.3 Å². The van der Waals surface area contributed by atoms with Crippen LogP contribution in [0, 0.1) is 6.92 Å². The highest BCUT2D eigenvalue weighted by atomic mass is 32.2. The molecule has 0 unspecified atom stereocenters. The van der Waals surface area contributed by atoms with Gasteiger partial charge in [-0.1, -0.05) is 78.0 Å². The average molecular weight is 445 g/mol. The summed E-state index contributed by atoms with van der Waals surface area (Å²) in [5.41, 5.74) is 4.18. The van der Waals surface area contributed by atoms with Gasteiger partial charge in [0.15, 0.2) is 5.16 Å². The zero-order valence-corrected chi connectivity index (χ0v) is 18.6. The summed E-state index contributed by atoms with van der Waals surface area (Å²) in [6.07, 6.45) is 1.66. The van der Waals surface area contributed by atoms with Gasteiger partial charge in [-0.15, -0.1) is 10.2 Å². The Morgan fingerprint density at radius 3 is 2.56 bits per heavy atom. The van der Waals surface area contributed by atoms with Crippen LogP contribution in [0.4, 0.5) is 0 Å². The summed E-state index contributed by atoms with van der Waals surface area (Å²) < 4.78 is 7.85. The first-order valence-corrected chi connectivity index (χ1v) is 11.3. The number of hydrogen-bond donors (Lipinski definition) is 1. The maximum absolute atomic E-state index is 12.5.